The average Bonchev–Trinajstić information content (AvgIpc) is 3.26. The monoisotopic (exact) mass is 328 g/mol. The topological polar surface area (TPSA) is 46.3 Å². The van der Waals surface area contributed by atoms with Gasteiger partial charge in [0.15, 0.2) is 5.58 Å². The smallest absolute Gasteiger partial charge is 0.227 e. The van der Waals surface area contributed by atoms with E-state index in [9.17, 15) is 4.79 Å². The molecule has 1 aliphatic rings. The minimum absolute atomic E-state index is 0.178. The van der Waals surface area contributed by atoms with Gasteiger partial charge in [-0.3, -0.25) is 4.79 Å². The maximum absolute atomic E-state index is 11.9. The fourth-order valence-electron chi connectivity index (χ4n) is 3.45. The summed E-state index contributed by atoms with van der Waals surface area (Å²) in [5.41, 5.74) is 3.36. The Balaban J connectivity index is 1.58. The predicted octanol–water partition coefficient (Wildman–Crippen LogP) is 4.77. The Morgan fingerprint density at radius 3 is 2.68 bits per heavy atom. The van der Waals surface area contributed by atoms with Crippen LogP contribution in [0.3, 0.4) is 0 Å². The molecule has 0 aliphatic carbocycles. The number of fused-ring (bicyclic) bond motifs is 2. The summed E-state index contributed by atoms with van der Waals surface area (Å²) in [5, 5.41) is 2.35. The highest BCUT2D eigenvalue weighted by Gasteiger charge is 2.22. The Bertz CT molecular complexity index is 1110. The molecular weight excluding hydrogens is 312 g/mol. The lowest BCUT2D eigenvalue weighted by atomic mass is 10.1. The fourth-order valence-corrected chi connectivity index (χ4v) is 3.45. The molecule has 4 nitrogen and oxygen atoms in total. The molecule has 2 heterocycles. The van der Waals surface area contributed by atoms with Gasteiger partial charge in [-0.1, -0.05) is 30.3 Å². The van der Waals surface area contributed by atoms with Gasteiger partial charge < -0.3 is 9.32 Å². The SMILES string of the molecule is O=C1CCCN1c1ccc2oc(-c3ccc4ccccc4c3)nc2c1. The fraction of sp³-hybridized carbons (Fsp3) is 0.143. The number of anilines is 1. The van der Waals surface area contributed by atoms with E-state index in [0.29, 0.717) is 12.3 Å². The Labute approximate surface area is 144 Å². The number of oxazole rings is 1. The third kappa shape index (κ3) is 2.38. The third-order valence-electron chi connectivity index (χ3n) is 4.75. The quantitative estimate of drug-likeness (QED) is 0.532. The van der Waals surface area contributed by atoms with Crippen molar-refractivity contribution in [2.24, 2.45) is 0 Å². The van der Waals surface area contributed by atoms with E-state index in [1.54, 1.807) is 0 Å². The van der Waals surface area contributed by atoms with Gasteiger partial charge in [0.25, 0.3) is 0 Å². The number of hydrogen-bond donors (Lipinski definition) is 0. The van der Waals surface area contributed by atoms with Crippen molar-refractivity contribution in [1.29, 1.82) is 0 Å². The molecule has 1 amide bonds. The molecule has 25 heavy (non-hydrogen) atoms. The standard InChI is InChI=1S/C21H16N2O2/c24-20-6-3-11-23(20)17-9-10-19-18(13-17)22-21(25-19)16-8-7-14-4-1-2-5-15(14)12-16/h1-2,4-5,7-10,12-13H,3,6,11H2. The first-order chi connectivity index (χ1) is 12.3. The molecule has 3 aromatic carbocycles. The van der Waals surface area contributed by atoms with Gasteiger partial charge in [-0.15, -0.1) is 0 Å². The normalized spacial score (nSPS) is 14.7. The molecule has 0 radical (unpaired) electrons. The number of carbonyl (C=O) groups excluding carboxylic acids is 1. The van der Waals surface area contributed by atoms with Crippen molar-refractivity contribution in [3.05, 3.63) is 60.7 Å². The molecular formula is C21H16N2O2. The Kier molecular flexibility index (Phi) is 3.10. The van der Waals surface area contributed by atoms with Crippen molar-refractivity contribution in [2.45, 2.75) is 12.8 Å². The number of carbonyl (C=O) groups is 1. The number of nitrogens with zero attached hydrogens (tertiary/aromatic N) is 2. The number of aromatic nitrogens is 1. The van der Waals surface area contributed by atoms with E-state index in [4.69, 9.17) is 4.42 Å². The Morgan fingerprint density at radius 2 is 1.84 bits per heavy atom. The number of hydrogen-bond acceptors (Lipinski definition) is 3. The highest BCUT2D eigenvalue weighted by Crippen LogP contribution is 2.30. The molecule has 122 valence electrons. The Morgan fingerprint density at radius 1 is 0.960 bits per heavy atom. The van der Waals surface area contributed by atoms with E-state index in [2.05, 4.69) is 29.2 Å². The van der Waals surface area contributed by atoms with Crippen LogP contribution in [0.15, 0.2) is 65.1 Å². The van der Waals surface area contributed by atoms with Crippen molar-refractivity contribution in [2.75, 3.05) is 11.4 Å². The van der Waals surface area contributed by atoms with Crippen molar-refractivity contribution in [3.8, 4) is 11.5 Å². The highest BCUT2D eigenvalue weighted by atomic mass is 16.3. The zero-order chi connectivity index (χ0) is 16.8. The van der Waals surface area contributed by atoms with Gasteiger partial charge in [0, 0.05) is 24.2 Å². The Hall–Kier alpha value is -3.14. The molecule has 1 aliphatic heterocycles. The molecule has 4 aromatic rings. The number of rotatable bonds is 2. The molecule has 0 spiro atoms. The lowest BCUT2D eigenvalue weighted by molar-refractivity contribution is -0.117. The van der Waals surface area contributed by atoms with Gasteiger partial charge >= 0.3 is 0 Å². The molecule has 1 saturated heterocycles. The van der Waals surface area contributed by atoms with Crippen LogP contribution in [0.5, 0.6) is 0 Å². The third-order valence-corrected chi connectivity index (χ3v) is 4.75. The van der Waals surface area contributed by atoms with E-state index >= 15 is 0 Å². The summed E-state index contributed by atoms with van der Waals surface area (Å²) < 4.78 is 5.93. The van der Waals surface area contributed by atoms with Crippen LogP contribution in [0.1, 0.15) is 12.8 Å². The second kappa shape index (κ2) is 5.45. The zero-order valence-corrected chi connectivity index (χ0v) is 13.6. The van der Waals surface area contributed by atoms with Crippen LogP contribution in [0.2, 0.25) is 0 Å². The molecule has 0 unspecified atom stereocenters. The highest BCUT2D eigenvalue weighted by molar-refractivity contribution is 5.97. The number of amides is 1. The van der Waals surface area contributed by atoms with Gasteiger partial charge in [-0.05, 0) is 47.5 Å². The lowest BCUT2D eigenvalue weighted by Gasteiger charge is -2.14. The van der Waals surface area contributed by atoms with E-state index in [0.717, 1.165) is 40.7 Å². The zero-order valence-electron chi connectivity index (χ0n) is 13.6. The largest absolute Gasteiger partial charge is 0.436 e. The van der Waals surface area contributed by atoms with Crippen LogP contribution in [-0.4, -0.2) is 17.4 Å². The molecule has 0 N–H and O–H groups in total. The molecule has 0 bridgehead atoms. The van der Waals surface area contributed by atoms with Crippen LogP contribution < -0.4 is 4.90 Å². The molecule has 1 aromatic heterocycles. The summed E-state index contributed by atoms with van der Waals surface area (Å²) in [5.74, 6) is 0.781. The summed E-state index contributed by atoms with van der Waals surface area (Å²) in [6.07, 6.45) is 1.54. The molecule has 4 heteroatoms. The van der Waals surface area contributed by atoms with Crippen LogP contribution in [0, 0.1) is 0 Å². The first kappa shape index (κ1) is 14.2. The maximum Gasteiger partial charge on any atom is 0.227 e. The van der Waals surface area contributed by atoms with Gasteiger partial charge in [0.05, 0.1) is 0 Å². The van der Waals surface area contributed by atoms with E-state index in [1.165, 1.54) is 5.39 Å². The number of benzene rings is 3. The second-order valence-electron chi connectivity index (χ2n) is 6.38. The van der Waals surface area contributed by atoms with Crippen molar-refractivity contribution in [1.82, 2.24) is 4.98 Å². The predicted molar refractivity (Wildman–Crippen MR) is 98.5 cm³/mol. The first-order valence-electron chi connectivity index (χ1n) is 8.48. The second-order valence-corrected chi connectivity index (χ2v) is 6.38. The maximum atomic E-state index is 11.9. The summed E-state index contributed by atoms with van der Waals surface area (Å²) in [6.45, 7) is 0.778. The van der Waals surface area contributed by atoms with E-state index in [-0.39, 0.29) is 5.91 Å². The molecule has 1 fully saturated rings. The van der Waals surface area contributed by atoms with Gasteiger partial charge in [-0.25, -0.2) is 4.98 Å². The van der Waals surface area contributed by atoms with Crippen LogP contribution in [0.4, 0.5) is 5.69 Å². The van der Waals surface area contributed by atoms with Crippen LogP contribution in [0.25, 0.3) is 33.3 Å². The first-order valence-corrected chi connectivity index (χ1v) is 8.48. The van der Waals surface area contributed by atoms with Gasteiger partial charge in [0.2, 0.25) is 11.8 Å². The van der Waals surface area contributed by atoms with Crippen molar-refractivity contribution in [3.63, 3.8) is 0 Å². The van der Waals surface area contributed by atoms with Gasteiger partial charge in [-0.2, -0.15) is 0 Å². The van der Waals surface area contributed by atoms with Crippen LogP contribution in [-0.2, 0) is 4.79 Å². The van der Waals surface area contributed by atoms with E-state index in [1.807, 2.05) is 41.3 Å². The minimum Gasteiger partial charge on any atom is -0.436 e. The lowest BCUT2D eigenvalue weighted by Crippen LogP contribution is -2.23. The summed E-state index contributed by atoms with van der Waals surface area (Å²) in [7, 11) is 0. The molecule has 0 atom stereocenters. The summed E-state index contributed by atoms with van der Waals surface area (Å²) in [6, 6.07) is 20.2. The molecule has 5 rings (SSSR count). The van der Waals surface area contributed by atoms with Crippen molar-refractivity contribution >= 4 is 33.5 Å². The minimum atomic E-state index is 0.178. The van der Waals surface area contributed by atoms with Gasteiger partial charge in [0.1, 0.15) is 5.52 Å². The van der Waals surface area contributed by atoms with Crippen molar-refractivity contribution < 1.29 is 9.21 Å². The van der Waals surface area contributed by atoms with E-state index < -0.39 is 0 Å². The summed E-state index contributed by atoms with van der Waals surface area (Å²) in [4.78, 5) is 18.4. The van der Waals surface area contributed by atoms with Crippen LogP contribution >= 0.6 is 0 Å². The average molecular weight is 328 g/mol. The summed E-state index contributed by atoms with van der Waals surface area (Å²) >= 11 is 0. The molecule has 0 saturated carbocycles.